The Kier molecular flexibility index (Phi) is 5.44. The lowest BCUT2D eigenvalue weighted by Gasteiger charge is -2.12. The Hall–Kier alpha value is -1.07. The Bertz CT molecular complexity index is 396. The SMILES string of the molecule is CCC(N)CC(=O)Nc1cc(Br)ccc1OC. The second kappa shape index (κ2) is 6.61. The number of carbonyl (C=O) groups is 1. The molecule has 17 heavy (non-hydrogen) atoms. The maximum absolute atomic E-state index is 11.7. The van der Waals surface area contributed by atoms with Gasteiger partial charge in [0.15, 0.2) is 0 Å². The molecule has 1 aromatic carbocycles. The van der Waals surface area contributed by atoms with Crippen LogP contribution in [0.15, 0.2) is 22.7 Å². The van der Waals surface area contributed by atoms with Gasteiger partial charge < -0.3 is 15.8 Å². The molecule has 1 aromatic rings. The highest BCUT2D eigenvalue weighted by Gasteiger charge is 2.11. The maximum atomic E-state index is 11.7. The van der Waals surface area contributed by atoms with Crippen LogP contribution >= 0.6 is 15.9 Å². The van der Waals surface area contributed by atoms with Gasteiger partial charge in [-0.2, -0.15) is 0 Å². The van der Waals surface area contributed by atoms with Crippen LogP contribution in [0.2, 0.25) is 0 Å². The van der Waals surface area contributed by atoms with Gasteiger partial charge in [0.25, 0.3) is 0 Å². The van der Waals surface area contributed by atoms with Crippen LogP contribution in [-0.2, 0) is 4.79 Å². The van der Waals surface area contributed by atoms with Crippen molar-refractivity contribution in [3.8, 4) is 5.75 Å². The quantitative estimate of drug-likeness (QED) is 0.878. The molecule has 0 saturated carbocycles. The number of ether oxygens (including phenoxy) is 1. The fraction of sp³-hybridized carbons (Fsp3) is 0.417. The highest BCUT2D eigenvalue weighted by molar-refractivity contribution is 9.10. The molecule has 1 unspecified atom stereocenters. The molecule has 0 fully saturated rings. The molecule has 0 saturated heterocycles. The second-order valence-electron chi connectivity index (χ2n) is 3.77. The summed E-state index contributed by atoms with van der Waals surface area (Å²) in [6.07, 6.45) is 1.09. The molecule has 5 heteroatoms. The molecule has 94 valence electrons. The van der Waals surface area contributed by atoms with Crippen molar-refractivity contribution in [1.82, 2.24) is 0 Å². The normalized spacial score (nSPS) is 12.0. The number of nitrogens with two attached hydrogens (primary N) is 1. The van der Waals surface area contributed by atoms with Crippen molar-refractivity contribution in [2.75, 3.05) is 12.4 Å². The van der Waals surface area contributed by atoms with E-state index in [9.17, 15) is 4.79 Å². The number of methoxy groups -OCH3 is 1. The molecule has 1 rings (SSSR count). The number of amides is 1. The van der Waals surface area contributed by atoms with Gasteiger partial charge in [-0.25, -0.2) is 0 Å². The van der Waals surface area contributed by atoms with Gasteiger partial charge in [-0.15, -0.1) is 0 Å². The average molecular weight is 301 g/mol. The van der Waals surface area contributed by atoms with Crippen LogP contribution < -0.4 is 15.8 Å². The lowest BCUT2D eigenvalue weighted by atomic mass is 10.1. The van der Waals surface area contributed by atoms with E-state index in [-0.39, 0.29) is 11.9 Å². The van der Waals surface area contributed by atoms with Crippen LogP contribution in [0.5, 0.6) is 5.75 Å². The molecular formula is C12H17BrN2O2. The third-order valence-corrected chi connectivity index (χ3v) is 2.90. The summed E-state index contributed by atoms with van der Waals surface area (Å²) in [7, 11) is 1.57. The number of carbonyl (C=O) groups excluding carboxylic acids is 1. The predicted octanol–water partition coefficient (Wildman–Crippen LogP) is 2.52. The number of hydrogen-bond acceptors (Lipinski definition) is 3. The summed E-state index contributed by atoms with van der Waals surface area (Å²) >= 11 is 3.35. The van der Waals surface area contributed by atoms with E-state index in [1.54, 1.807) is 19.2 Å². The molecule has 0 aromatic heterocycles. The van der Waals surface area contributed by atoms with Crippen LogP contribution in [0.1, 0.15) is 19.8 Å². The molecule has 0 aliphatic carbocycles. The van der Waals surface area contributed by atoms with E-state index in [4.69, 9.17) is 10.5 Å². The largest absolute Gasteiger partial charge is 0.495 e. The molecule has 0 aliphatic heterocycles. The first-order valence-electron chi connectivity index (χ1n) is 5.45. The van der Waals surface area contributed by atoms with Gasteiger partial charge in [-0.1, -0.05) is 22.9 Å². The number of benzene rings is 1. The van der Waals surface area contributed by atoms with Gasteiger partial charge in [-0.05, 0) is 24.6 Å². The minimum absolute atomic E-state index is 0.101. The topological polar surface area (TPSA) is 64.4 Å². The summed E-state index contributed by atoms with van der Waals surface area (Å²) in [4.78, 5) is 11.7. The van der Waals surface area contributed by atoms with Gasteiger partial charge in [0.2, 0.25) is 5.91 Å². The molecule has 1 atom stereocenters. The summed E-state index contributed by atoms with van der Waals surface area (Å²) in [5.74, 6) is 0.530. The molecule has 1 amide bonds. The molecular weight excluding hydrogens is 284 g/mol. The van der Waals surface area contributed by atoms with E-state index >= 15 is 0 Å². The summed E-state index contributed by atoms with van der Waals surface area (Å²) in [5.41, 5.74) is 6.37. The molecule has 3 N–H and O–H groups in total. The van der Waals surface area contributed by atoms with Gasteiger partial charge in [0, 0.05) is 16.9 Å². The molecule has 4 nitrogen and oxygen atoms in total. The Balaban J connectivity index is 2.73. The van der Waals surface area contributed by atoms with E-state index in [2.05, 4.69) is 21.2 Å². The van der Waals surface area contributed by atoms with Crippen molar-refractivity contribution in [2.24, 2.45) is 5.73 Å². The van der Waals surface area contributed by atoms with Crippen LogP contribution in [0.25, 0.3) is 0 Å². The Morgan fingerprint density at radius 3 is 2.88 bits per heavy atom. The van der Waals surface area contributed by atoms with E-state index in [0.29, 0.717) is 17.9 Å². The van der Waals surface area contributed by atoms with Crippen LogP contribution in [0, 0.1) is 0 Å². The monoisotopic (exact) mass is 300 g/mol. The third kappa shape index (κ3) is 4.36. The Morgan fingerprint density at radius 1 is 1.59 bits per heavy atom. The second-order valence-corrected chi connectivity index (χ2v) is 4.68. The van der Waals surface area contributed by atoms with Crippen LogP contribution in [0.3, 0.4) is 0 Å². The minimum Gasteiger partial charge on any atom is -0.495 e. The number of rotatable bonds is 5. The number of halogens is 1. The molecule has 0 aliphatic rings. The first-order chi connectivity index (χ1) is 8.06. The molecule has 0 radical (unpaired) electrons. The highest BCUT2D eigenvalue weighted by Crippen LogP contribution is 2.27. The smallest absolute Gasteiger partial charge is 0.226 e. The average Bonchev–Trinajstić information content (AvgIpc) is 2.29. The number of hydrogen-bond donors (Lipinski definition) is 2. The Morgan fingerprint density at radius 2 is 2.29 bits per heavy atom. The zero-order valence-corrected chi connectivity index (χ0v) is 11.6. The van der Waals surface area contributed by atoms with Gasteiger partial charge in [0.1, 0.15) is 5.75 Å². The van der Waals surface area contributed by atoms with Crippen molar-refractivity contribution >= 4 is 27.5 Å². The number of anilines is 1. The highest BCUT2D eigenvalue weighted by atomic mass is 79.9. The summed E-state index contributed by atoms with van der Waals surface area (Å²) < 4.78 is 6.05. The predicted molar refractivity (Wildman–Crippen MR) is 72.2 cm³/mol. The zero-order valence-electron chi connectivity index (χ0n) is 10.00. The first-order valence-corrected chi connectivity index (χ1v) is 6.25. The minimum atomic E-state index is -0.104. The van der Waals surface area contributed by atoms with Crippen LogP contribution in [0.4, 0.5) is 5.69 Å². The van der Waals surface area contributed by atoms with E-state index in [1.165, 1.54) is 0 Å². The summed E-state index contributed by atoms with van der Waals surface area (Å²) in [5, 5.41) is 2.79. The summed E-state index contributed by atoms with van der Waals surface area (Å²) in [6, 6.07) is 5.34. The van der Waals surface area contributed by atoms with E-state index < -0.39 is 0 Å². The fourth-order valence-corrected chi connectivity index (χ4v) is 1.72. The van der Waals surface area contributed by atoms with Gasteiger partial charge in [-0.3, -0.25) is 4.79 Å². The lowest BCUT2D eigenvalue weighted by molar-refractivity contribution is -0.116. The van der Waals surface area contributed by atoms with Gasteiger partial charge >= 0.3 is 0 Å². The number of nitrogens with one attached hydrogen (secondary N) is 1. The third-order valence-electron chi connectivity index (χ3n) is 2.41. The van der Waals surface area contributed by atoms with Crippen LogP contribution in [-0.4, -0.2) is 19.1 Å². The lowest BCUT2D eigenvalue weighted by Crippen LogP contribution is -2.26. The Labute approximate surface area is 110 Å². The van der Waals surface area contributed by atoms with E-state index in [0.717, 1.165) is 10.9 Å². The van der Waals surface area contributed by atoms with Crippen molar-refractivity contribution < 1.29 is 9.53 Å². The zero-order chi connectivity index (χ0) is 12.8. The van der Waals surface area contributed by atoms with Gasteiger partial charge in [0.05, 0.1) is 12.8 Å². The fourth-order valence-electron chi connectivity index (χ4n) is 1.36. The summed E-state index contributed by atoms with van der Waals surface area (Å²) in [6.45, 7) is 1.96. The van der Waals surface area contributed by atoms with Crippen molar-refractivity contribution in [3.05, 3.63) is 22.7 Å². The standard InChI is InChI=1S/C12H17BrN2O2/c1-3-9(14)7-12(16)15-10-6-8(13)4-5-11(10)17-2/h4-6,9H,3,7,14H2,1-2H3,(H,15,16). The van der Waals surface area contributed by atoms with E-state index in [1.807, 2.05) is 13.0 Å². The molecule has 0 bridgehead atoms. The van der Waals surface area contributed by atoms with Crippen molar-refractivity contribution in [1.29, 1.82) is 0 Å². The van der Waals surface area contributed by atoms with Crippen molar-refractivity contribution in [3.63, 3.8) is 0 Å². The molecule has 0 spiro atoms. The maximum Gasteiger partial charge on any atom is 0.226 e. The van der Waals surface area contributed by atoms with Crippen molar-refractivity contribution in [2.45, 2.75) is 25.8 Å². The first kappa shape index (κ1) is 14.0. The molecule has 0 heterocycles.